The molecule has 1 aromatic rings. The van der Waals surface area contributed by atoms with E-state index in [1.165, 1.54) is 5.56 Å². The van der Waals surface area contributed by atoms with Gasteiger partial charge in [0.2, 0.25) is 0 Å². The van der Waals surface area contributed by atoms with Crippen molar-refractivity contribution in [3.05, 3.63) is 18.0 Å². The lowest BCUT2D eigenvalue weighted by molar-refractivity contribution is 0.0733. The molecular formula is C13H25N3O. The molecule has 4 nitrogen and oxygen atoms in total. The Morgan fingerprint density at radius 3 is 2.29 bits per heavy atom. The molecule has 1 aromatic heterocycles. The second-order valence-corrected chi connectivity index (χ2v) is 6.29. The Hall–Kier alpha value is -0.870. The first-order valence-electron chi connectivity index (χ1n) is 6.03. The Kier molecular flexibility index (Phi) is 3.99. The van der Waals surface area contributed by atoms with Crippen molar-refractivity contribution in [2.45, 2.75) is 52.2 Å². The molecule has 98 valence electrons. The van der Waals surface area contributed by atoms with Crippen LogP contribution in [0, 0.1) is 0 Å². The van der Waals surface area contributed by atoms with Crippen molar-refractivity contribution < 1.29 is 5.11 Å². The van der Waals surface area contributed by atoms with Crippen molar-refractivity contribution in [1.82, 2.24) is 14.7 Å². The Morgan fingerprint density at radius 2 is 1.88 bits per heavy atom. The Labute approximate surface area is 104 Å². The third kappa shape index (κ3) is 3.54. The zero-order valence-corrected chi connectivity index (χ0v) is 11.9. The fourth-order valence-electron chi connectivity index (χ4n) is 1.42. The Bertz CT molecular complexity index is 363. The van der Waals surface area contributed by atoms with Gasteiger partial charge in [0.25, 0.3) is 0 Å². The van der Waals surface area contributed by atoms with Crippen molar-refractivity contribution in [2.24, 2.45) is 0 Å². The molecular weight excluding hydrogens is 214 g/mol. The number of aliphatic hydroxyl groups is 1. The monoisotopic (exact) mass is 239 g/mol. The lowest BCUT2D eigenvalue weighted by Gasteiger charge is -2.33. The van der Waals surface area contributed by atoms with Gasteiger partial charge >= 0.3 is 0 Å². The maximum absolute atomic E-state index is 9.31. The molecule has 0 fully saturated rings. The fraction of sp³-hybridized carbons (Fsp3) is 0.769. The molecule has 0 spiro atoms. The van der Waals surface area contributed by atoms with E-state index in [1.807, 2.05) is 31.8 Å². The van der Waals surface area contributed by atoms with E-state index in [-0.39, 0.29) is 17.7 Å². The van der Waals surface area contributed by atoms with Gasteiger partial charge in [-0.25, -0.2) is 0 Å². The summed E-state index contributed by atoms with van der Waals surface area (Å²) in [5, 5.41) is 13.7. The van der Waals surface area contributed by atoms with Gasteiger partial charge in [-0.1, -0.05) is 0 Å². The standard InChI is InChI=1S/C13H25N3O/c1-12(2,3)16-9-11(7-14-16)8-15(6)13(4,5)10-17/h7,9,17H,8,10H2,1-6H3. The number of rotatable bonds is 4. The van der Waals surface area contributed by atoms with Gasteiger partial charge in [-0.3, -0.25) is 9.58 Å². The number of nitrogens with zero attached hydrogens (tertiary/aromatic N) is 3. The van der Waals surface area contributed by atoms with Gasteiger partial charge in [0.1, 0.15) is 0 Å². The lowest BCUT2D eigenvalue weighted by Crippen LogP contribution is -2.43. The zero-order valence-electron chi connectivity index (χ0n) is 11.9. The summed E-state index contributed by atoms with van der Waals surface area (Å²) in [7, 11) is 2.02. The molecule has 0 saturated carbocycles. The summed E-state index contributed by atoms with van der Waals surface area (Å²) in [6, 6.07) is 0. The molecule has 0 aliphatic rings. The molecule has 0 radical (unpaired) electrons. The van der Waals surface area contributed by atoms with Crippen molar-refractivity contribution in [2.75, 3.05) is 13.7 Å². The van der Waals surface area contributed by atoms with Crippen molar-refractivity contribution >= 4 is 0 Å². The Balaban J connectivity index is 2.74. The highest BCUT2D eigenvalue weighted by molar-refractivity contribution is 5.06. The minimum absolute atomic E-state index is 0.0172. The first-order chi connectivity index (χ1) is 7.66. The minimum atomic E-state index is -0.205. The van der Waals surface area contributed by atoms with Crippen LogP contribution < -0.4 is 0 Å². The third-order valence-corrected chi connectivity index (χ3v) is 3.16. The van der Waals surface area contributed by atoms with Crippen LogP contribution in [-0.4, -0.2) is 39.0 Å². The zero-order chi connectivity index (χ0) is 13.3. The molecule has 0 unspecified atom stereocenters. The molecule has 0 aliphatic carbocycles. The number of hydrogen-bond donors (Lipinski definition) is 1. The van der Waals surface area contributed by atoms with Crippen LogP contribution >= 0.6 is 0 Å². The molecule has 1 rings (SSSR count). The molecule has 1 N–H and O–H groups in total. The summed E-state index contributed by atoms with van der Waals surface area (Å²) < 4.78 is 1.97. The Morgan fingerprint density at radius 1 is 1.29 bits per heavy atom. The molecule has 0 saturated heterocycles. The normalized spacial score (nSPS) is 13.4. The number of likely N-dealkylation sites (N-methyl/N-ethyl adjacent to an activating group) is 1. The highest BCUT2D eigenvalue weighted by atomic mass is 16.3. The van der Waals surface area contributed by atoms with Crippen molar-refractivity contribution in [1.29, 1.82) is 0 Å². The molecule has 0 aliphatic heterocycles. The predicted octanol–water partition coefficient (Wildman–Crippen LogP) is 1.84. The van der Waals surface area contributed by atoms with E-state index in [4.69, 9.17) is 0 Å². The van der Waals surface area contributed by atoms with Gasteiger partial charge < -0.3 is 5.11 Å². The van der Waals surface area contributed by atoms with E-state index >= 15 is 0 Å². The smallest absolute Gasteiger partial charge is 0.0610 e. The average Bonchev–Trinajstić information content (AvgIpc) is 2.65. The van der Waals surface area contributed by atoms with E-state index < -0.39 is 0 Å². The molecule has 0 bridgehead atoms. The fourth-order valence-corrected chi connectivity index (χ4v) is 1.42. The maximum atomic E-state index is 9.31. The van der Waals surface area contributed by atoms with Crippen LogP contribution in [0.25, 0.3) is 0 Å². The molecule has 1 heterocycles. The van der Waals surface area contributed by atoms with Gasteiger partial charge in [0.05, 0.1) is 18.3 Å². The maximum Gasteiger partial charge on any atom is 0.0610 e. The summed E-state index contributed by atoms with van der Waals surface area (Å²) in [6.07, 6.45) is 3.97. The molecule has 4 heteroatoms. The summed E-state index contributed by atoms with van der Waals surface area (Å²) in [5.74, 6) is 0. The molecule has 17 heavy (non-hydrogen) atoms. The van der Waals surface area contributed by atoms with Gasteiger partial charge in [-0.15, -0.1) is 0 Å². The molecule has 0 aromatic carbocycles. The number of hydrogen-bond acceptors (Lipinski definition) is 3. The summed E-state index contributed by atoms with van der Waals surface area (Å²) in [5.41, 5.74) is 0.983. The van der Waals surface area contributed by atoms with E-state index in [2.05, 4.69) is 37.0 Å². The largest absolute Gasteiger partial charge is 0.394 e. The van der Waals surface area contributed by atoms with Gasteiger partial charge in [0.15, 0.2) is 0 Å². The highest BCUT2D eigenvalue weighted by Gasteiger charge is 2.23. The average molecular weight is 239 g/mol. The van der Waals surface area contributed by atoms with Gasteiger partial charge in [0, 0.05) is 23.8 Å². The topological polar surface area (TPSA) is 41.3 Å². The second-order valence-electron chi connectivity index (χ2n) is 6.29. The first-order valence-corrected chi connectivity index (χ1v) is 6.03. The minimum Gasteiger partial charge on any atom is -0.394 e. The number of aromatic nitrogens is 2. The highest BCUT2D eigenvalue weighted by Crippen LogP contribution is 2.17. The van der Waals surface area contributed by atoms with Crippen LogP contribution in [-0.2, 0) is 12.1 Å². The SMILES string of the molecule is CN(Cc1cnn(C(C)(C)C)c1)C(C)(C)CO. The van der Waals surface area contributed by atoms with Crippen LogP contribution in [0.4, 0.5) is 0 Å². The van der Waals surface area contributed by atoms with Crippen molar-refractivity contribution in [3.8, 4) is 0 Å². The summed E-state index contributed by atoms with van der Waals surface area (Å²) in [4.78, 5) is 2.14. The third-order valence-electron chi connectivity index (χ3n) is 3.16. The van der Waals surface area contributed by atoms with E-state index in [1.54, 1.807) is 0 Å². The first kappa shape index (κ1) is 14.2. The quantitative estimate of drug-likeness (QED) is 0.871. The lowest BCUT2D eigenvalue weighted by atomic mass is 10.0. The van der Waals surface area contributed by atoms with E-state index in [9.17, 15) is 5.11 Å². The van der Waals surface area contributed by atoms with Crippen LogP contribution in [0.15, 0.2) is 12.4 Å². The molecule has 0 atom stereocenters. The summed E-state index contributed by atoms with van der Waals surface area (Å²) in [6.45, 7) is 11.4. The number of aliphatic hydroxyl groups excluding tert-OH is 1. The van der Waals surface area contributed by atoms with Crippen LogP contribution in [0.5, 0.6) is 0 Å². The van der Waals surface area contributed by atoms with E-state index in [0.717, 1.165) is 6.54 Å². The molecule has 0 amide bonds. The van der Waals surface area contributed by atoms with Crippen LogP contribution in [0.3, 0.4) is 0 Å². The summed E-state index contributed by atoms with van der Waals surface area (Å²) >= 11 is 0. The van der Waals surface area contributed by atoms with Gasteiger partial charge in [-0.2, -0.15) is 5.10 Å². The second kappa shape index (κ2) is 4.78. The van der Waals surface area contributed by atoms with Crippen LogP contribution in [0.2, 0.25) is 0 Å². The predicted molar refractivity (Wildman–Crippen MR) is 69.9 cm³/mol. The van der Waals surface area contributed by atoms with Gasteiger partial charge in [-0.05, 0) is 41.7 Å². The van der Waals surface area contributed by atoms with E-state index in [0.29, 0.717) is 0 Å². The van der Waals surface area contributed by atoms with Crippen LogP contribution in [0.1, 0.15) is 40.2 Å². The van der Waals surface area contributed by atoms with Crippen molar-refractivity contribution in [3.63, 3.8) is 0 Å².